The van der Waals surface area contributed by atoms with Crippen molar-refractivity contribution in [3.63, 3.8) is 0 Å². The first kappa shape index (κ1) is 23.7. The number of hydrogen-bond acceptors (Lipinski definition) is 5. The molecule has 0 rings (SSSR count). The molecule has 0 aliphatic rings. The van der Waals surface area contributed by atoms with Crippen LogP contribution in [0.2, 0.25) is 0 Å². The van der Waals surface area contributed by atoms with Crippen LogP contribution in [0.25, 0.3) is 0 Å². The van der Waals surface area contributed by atoms with Gasteiger partial charge in [0.25, 0.3) is 0 Å². The van der Waals surface area contributed by atoms with E-state index in [1.807, 2.05) is 0 Å². The van der Waals surface area contributed by atoms with Gasteiger partial charge in [-0.2, -0.15) is 0 Å². The monoisotopic (exact) mass is 222 g/mol. The number of carbonyl (C=O) groups is 1. The van der Waals surface area contributed by atoms with E-state index in [1.165, 1.54) is 0 Å². The number of carboxylic acids is 1. The van der Waals surface area contributed by atoms with E-state index >= 15 is 0 Å². The molecule has 0 saturated carbocycles. The Morgan fingerprint density at radius 3 is 1.55 bits per heavy atom. The molecule has 0 atom stereocenters. The van der Waals surface area contributed by atoms with Crippen molar-refractivity contribution >= 4 is 24.3 Å². The Labute approximate surface area is 136 Å². The van der Waals surface area contributed by atoms with Crippen LogP contribution < -0.4 is 104 Å². The number of carbonyl (C=O) groups excluding carboxylic acids is 1. The van der Waals surface area contributed by atoms with E-state index in [0.717, 1.165) is 0 Å². The quantitative estimate of drug-likeness (QED) is 0.342. The Morgan fingerprint density at radius 1 is 1.27 bits per heavy atom. The smallest absolute Gasteiger partial charge is 0.832 e. The van der Waals surface area contributed by atoms with E-state index in [9.17, 15) is 19.7 Å². The van der Waals surface area contributed by atoms with Gasteiger partial charge in [0.2, 0.25) is 0 Å². The van der Waals surface area contributed by atoms with Crippen LogP contribution in [0.3, 0.4) is 0 Å². The largest absolute Gasteiger partial charge is 1.00 e. The average molecular weight is 222 g/mol. The van der Waals surface area contributed by atoms with Crippen molar-refractivity contribution < 1.29 is 108 Å². The zero-order valence-corrected chi connectivity index (χ0v) is 14.4. The Hall–Kier alpha value is 3.04. The summed E-state index contributed by atoms with van der Waals surface area (Å²) in [7, 11) is 0. The fraction of sp³-hybridized carbons (Fsp3) is 0.500. The molecule has 4 nitrogen and oxygen atoms in total. The van der Waals surface area contributed by atoms with E-state index in [2.05, 4.69) is 11.8 Å². The van der Waals surface area contributed by atoms with Gasteiger partial charge in [-0.3, -0.25) is 0 Å². The minimum absolute atomic E-state index is 0. The van der Waals surface area contributed by atoms with Crippen molar-refractivity contribution in [2.45, 2.75) is 0 Å². The van der Waals surface area contributed by atoms with E-state index in [4.69, 9.17) is 0 Å². The van der Waals surface area contributed by atoms with Gasteiger partial charge in [0.15, 0.2) is 0 Å². The number of carboxylic acid groups (broad SMARTS) is 1. The van der Waals surface area contributed by atoms with Crippen LogP contribution in [0, 0.1) is 0 Å². The molecular formula is C2H2Na3O4PS. The standard InChI is InChI=1S/C2H5O4PS.3Na/c3-2(4)1-7(5,6)8;;;/h1H2,(H,3,4)(H2,5,6,8);;;/q;3*+1/p-3. The molecule has 0 saturated heterocycles. The maximum absolute atomic E-state index is 9.86. The van der Waals surface area contributed by atoms with Crippen LogP contribution in [-0.2, 0) is 16.6 Å². The van der Waals surface area contributed by atoms with Crippen LogP contribution in [0.15, 0.2) is 0 Å². The van der Waals surface area contributed by atoms with Crippen molar-refractivity contribution in [1.82, 2.24) is 0 Å². The molecule has 0 unspecified atom stereocenters. The van der Waals surface area contributed by atoms with Gasteiger partial charge in [-0.25, -0.2) is 6.49 Å². The summed E-state index contributed by atoms with van der Waals surface area (Å²) in [5.41, 5.74) is 0. The Morgan fingerprint density at radius 2 is 1.55 bits per heavy atom. The van der Waals surface area contributed by atoms with Gasteiger partial charge in [0.1, 0.15) is 0 Å². The van der Waals surface area contributed by atoms with Crippen molar-refractivity contribution in [3.8, 4) is 0 Å². The molecule has 0 radical (unpaired) electrons. The predicted molar refractivity (Wildman–Crippen MR) is 24.2 cm³/mol. The van der Waals surface area contributed by atoms with Crippen molar-refractivity contribution in [2.75, 3.05) is 6.16 Å². The van der Waals surface area contributed by atoms with Crippen LogP contribution in [0.5, 0.6) is 0 Å². The van der Waals surface area contributed by atoms with Gasteiger partial charge in [0, 0.05) is 5.97 Å². The molecule has 48 valence electrons. The number of rotatable bonds is 2. The average Bonchev–Trinajstić information content (AvgIpc) is 1.21. The van der Waals surface area contributed by atoms with Crippen molar-refractivity contribution in [1.29, 1.82) is 0 Å². The first-order valence-electron chi connectivity index (χ1n) is 1.63. The van der Waals surface area contributed by atoms with E-state index in [1.54, 1.807) is 0 Å². The van der Waals surface area contributed by atoms with E-state index in [-0.39, 0.29) is 88.7 Å². The Bertz CT molecular complexity index is 146. The molecule has 0 aliphatic heterocycles. The molecule has 9 heteroatoms. The number of aliphatic carboxylic acids is 1. The van der Waals surface area contributed by atoms with Gasteiger partial charge >= 0.3 is 88.7 Å². The minimum atomic E-state index is -4.05. The molecule has 0 bridgehead atoms. The second-order valence-corrected chi connectivity index (χ2v) is 4.35. The summed E-state index contributed by atoms with van der Waals surface area (Å²) in [5, 5.41) is 9.46. The fourth-order valence-electron chi connectivity index (χ4n) is 0.158. The SMILES string of the molecule is O=C([O-])CP([O-])([O-])=S.[Na+].[Na+].[Na+]. The molecule has 0 aromatic rings. The van der Waals surface area contributed by atoms with Gasteiger partial charge in [0.05, 0.1) is 0 Å². The Kier molecular flexibility index (Phi) is 23.9. The van der Waals surface area contributed by atoms with Crippen LogP contribution in [-0.4, -0.2) is 12.1 Å². The fourth-order valence-corrected chi connectivity index (χ4v) is 0.791. The third-order valence-electron chi connectivity index (χ3n) is 0.323. The maximum atomic E-state index is 9.86. The second-order valence-electron chi connectivity index (χ2n) is 1.14. The minimum Gasteiger partial charge on any atom is -0.832 e. The summed E-state index contributed by atoms with van der Waals surface area (Å²) in [6, 6.07) is 0. The maximum Gasteiger partial charge on any atom is 1.00 e. The molecule has 0 aromatic carbocycles. The zero-order chi connectivity index (χ0) is 6.78. The Balaban J connectivity index is -0.0000000817. The third-order valence-corrected chi connectivity index (χ3v) is 1.36. The van der Waals surface area contributed by atoms with Gasteiger partial charge in [-0.05, 0) is 6.16 Å². The summed E-state index contributed by atoms with van der Waals surface area (Å²) >= 11 is 3.74. The van der Waals surface area contributed by atoms with Crippen LogP contribution in [0.1, 0.15) is 0 Å². The molecular weight excluding hydrogens is 220 g/mol. The second kappa shape index (κ2) is 11.1. The molecule has 0 amide bonds. The molecule has 0 heterocycles. The van der Waals surface area contributed by atoms with Crippen molar-refractivity contribution in [3.05, 3.63) is 0 Å². The molecule has 0 fully saturated rings. The topological polar surface area (TPSA) is 86.2 Å². The third kappa shape index (κ3) is 24.6. The van der Waals surface area contributed by atoms with Gasteiger partial charge in [-0.15, -0.1) is 11.8 Å². The molecule has 11 heavy (non-hydrogen) atoms. The van der Waals surface area contributed by atoms with E-state index < -0.39 is 18.6 Å². The van der Waals surface area contributed by atoms with Gasteiger partial charge < -0.3 is 19.7 Å². The summed E-state index contributed by atoms with van der Waals surface area (Å²) in [6.07, 6.45) is -1.05. The van der Waals surface area contributed by atoms with Crippen molar-refractivity contribution in [2.24, 2.45) is 0 Å². The summed E-state index contributed by atoms with van der Waals surface area (Å²) in [4.78, 5) is 29.2. The first-order valence-corrected chi connectivity index (χ1v) is 4.45. The van der Waals surface area contributed by atoms with Crippen LogP contribution in [0.4, 0.5) is 0 Å². The normalized spacial score (nSPS) is 8.18. The summed E-state index contributed by atoms with van der Waals surface area (Å²) < 4.78 is 0. The number of hydrogen-bond donors (Lipinski definition) is 0. The molecule has 0 spiro atoms. The molecule has 0 aromatic heterocycles. The molecule has 0 N–H and O–H groups in total. The summed E-state index contributed by atoms with van der Waals surface area (Å²) in [6.45, 7) is -4.05. The zero-order valence-electron chi connectivity index (χ0n) is 6.70. The first-order chi connectivity index (χ1) is 3.42. The van der Waals surface area contributed by atoms with Gasteiger partial charge in [-0.1, -0.05) is 0 Å². The predicted octanol–water partition coefficient (Wildman–Crippen LogP) is -12.2. The summed E-state index contributed by atoms with van der Waals surface area (Å²) in [5.74, 6) is -1.65. The molecule has 0 aliphatic carbocycles. The van der Waals surface area contributed by atoms with E-state index in [0.29, 0.717) is 0 Å². The van der Waals surface area contributed by atoms with Crippen LogP contribution >= 0.6 is 6.49 Å².